The molecule has 0 amide bonds. The summed E-state index contributed by atoms with van der Waals surface area (Å²) in [6, 6.07) is 2.42. The summed E-state index contributed by atoms with van der Waals surface area (Å²) in [5, 5.41) is 3.62. The van der Waals surface area contributed by atoms with Crippen LogP contribution in [0.4, 0.5) is 0 Å². The van der Waals surface area contributed by atoms with E-state index in [2.05, 4.69) is 37.1 Å². The summed E-state index contributed by atoms with van der Waals surface area (Å²) in [7, 11) is 1.71. The van der Waals surface area contributed by atoms with Crippen LogP contribution in [0.5, 0.6) is 5.75 Å². The number of hydrogen-bond acceptors (Lipinski definition) is 3. The molecule has 2 atom stereocenters. The van der Waals surface area contributed by atoms with Gasteiger partial charge in [-0.15, -0.1) is 0 Å². The molecule has 3 heteroatoms. The summed E-state index contributed by atoms with van der Waals surface area (Å²) >= 11 is 0. The number of nitrogens with zero attached hydrogens (tertiary/aromatic N) is 1. The summed E-state index contributed by atoms with van der Waals surface area (Å²) in [6.07, 6.45) is 7.13. The van der Waals surface area contributed by atoms with Crippen LogP contribution < -0.4 is 10.1 Å². The van der Waals surface area contributed by atoms with Gasteiger partial charge in [0.2, 0.25) is 0 Å². The van der Waals surface area contributed by atoms with Crippen molar-refractivity contribution in [3.63, 3.8) is 0 Å². The van der Waals surface area contributed by atoms with Crippen molar-refractivity contribution in [1.29, 1.82) is 0 Å². The van der Waals surface area contributed by atoms with E-state index in [1.165, 1.54) is 12.0 Å². The number of ether oxygens (including phenoxy) is 1. The minimum atomic E-state index is 0.359. The topological polar surface area (TPSA) is 34.2 Å². The van der Waals surface area contributed by atoms with E-state index in [-0.39, 0.29) is 0 Å². The van der Waals surface area contributed by atoms with Gasteiger partial charge in [0.15, 0.2) is 0 Å². The smallest absolute Gasteiger partial charge is 0.141 e. The lowest BCUT2D eigenvalue weighted by Gasteiger charge is -2.23. The molecule has 102 valence electrons. The van der Waals surface area contributed by atoms with Crippen LogP contribution in [-0.2, 0) is 0 Å². The fourth-order valence-corrected chi connectivity index (χ4v) is 2.06. The summed E-state index contributed by atoms with van der Waals surface area (Å²) in [5.41, 5.74) is 1.22. The zero-order chi connectivity index (χ0) is 13.4. The standard InChI is InChI=1S/C15H26N2O/c1-5-8-17-14(10-12(3)6-2)13-7-9-16-11-15(13)18-4/h7,9,11-12,14,17H,5-6,8,10H2,1-4H3. The number of nitrogens with one attached hydrogen (secondary N) is 1. The SMILES string of the molecule is CCCNC(CC(C)CC)c1ccncc1OC. The van der Waals surface area contributed by atoms with Crippen molar-refractivity contribution in [2.45, 2.75) is 46.1 Å². The number of aromatic nitrogens is 1. The molecule has 0 aliphatic heterocycles. The summed E-state index contributed by atoms with van der Waals surface area (Å²) in [5.74, 6) is 1.59. The molecular formula is C15H26N2O. The van der Waals surface area contributed by atoms with Gasteiger partial charge in [-0.2, -0.15) is 0 Å². The Morgan fingerprint density at radius 1 is 1.39 bits per heavy atom. The van der Waals surface area contributed by atoms with Gasteiger partial charge in [-0.1, -0.05) is 27.2 Å². The highest BCUT2D eigenvalue weighted by molar-refractivity contribution is 5.32. The third kappa shape index (κ3) is 4.30. The molecule has 0 saturated heterocycles. The molecule has 0 aliphatic carbocycles. The predicted octanol–water partition coefficient (Wildman–Crippen LogP) is 3.57. The minimum Gasteiger partial charge on any atom is -0.495 e. The first-order valence-electron chi connectivity index (χ1n) is 6.94. The monoisotopic (exact) mass is 250 g/mol. The average Bonchev–Trinajstić information content (AvgIpc) is 2.43. The Balaban J connectivity index is 2.85. The first-order chi connectivity index (χ1) is 8.72. The van der Waals surface area contributed by atoms with E-state index in [0.717, 1.165) is 25.1 Å². The first kappa shape index (κ1) is 15.0. The molecule has 0 aliphatic rings. The van der Waals surface area contributed by atoms with E-state index in [1.54, 1.807) is 13.3 Å². The van der Waals surface area contributed by atoms with Crippen LogP contribution in [0.3, 0.4) is 0 Å². The molecule has 1 heterocycles. The van der Waals surface area contributed by atoms with E-state index < -0.39 is 0 Å². The van der Waals surface area contributed by atoms with Gasteiger partial charge in [-0.25, -0.2) is 0 Å². The molecule has 0 saturated carbocycles. The van der Waals surface area contributed by atoms with Gasteiger partial charge in [-0.05, 0) is 31.4 Å². The molecule has 0 bridgehead atoms. The number of methoxy groups -OCH3 is 1. The van der Waals surface area contributed by atoms with Gasteiger partial charge >= 0.3 is 0 Å². The minimum absolute atomic E-state index is 0.359. The highest BCUT2D eigenvalue weighted by atomic mass is 16.5. The van der Waals surface area contributed by atoms with E-state index in [4.69, 9.17) is 4.74 Å². The van der Waals surface area contributed by atoms with Crippen LogP contribution in [0.25, 0.3) is 0 Å². The first-order valence-corrected chi connectivity index (χ1v) is 6.94. The fraction of sp³-hybridized carbons (Fsp3) is 0.667. The molecule has 18 heavy (non-hydrogen) atoms. The lowest BCUT2D eigenvalue weighted by molar-refractivity contribution is 0.369. The van der Waals surface area contributed by atoms with Crippen molar-refractivity contribution in [1.82, 2.24) is 10.3 Å². The summed E-state index contributed by atoms with van der Waals surface area (Å²) in [6.45, 7) is 7.77. The van der Waals surface area contributed by atoms with Crippen LogP contribution in [0.2, 0.25) is 0 Å². The Kier molecular flexibility index (Phi) is 6.73. The summed E-state index contributed by atoms with van der Waals surface area (Å²) in [4.78, 5) is 4.13. The van der Waals surface area contributed by atoms with E-state index in [0.29, 0.717) is 12.0 Å². The molecule has 0 fully saturated rings. The maximum atomic E-state index is 5.42. The quantitative estimate of drug-likeness (QED) is 0.766. The van der Waals surface area contributed by atoms with Gasteiger partial charge in [-0.3, -0.25) is 4.98 Å². The maximum absolute atomic E-state index is 5.42. The lowest BCUT2D eigenvalue weighted by Crippen LogP contribution is -2.24. The molecule has 1 aromatic heterocycles. The van der Waals surface area contributed by atoms with E-state index >= 15 is 0 Å². The molecule has 1 aromatic rings. The average molecular weight is 250 g/mol. The molecule has 2 unspecified atom stereocenters. The van der Waals surface area contributed by atoms with Crippen LogP contribution in [0, 0.1) is 5.92 Å². The Morgan fingerprint density at radius 3 is 2.78 bits per heavy atom. The maximum Gasteiger partial charge on any atom is 0.141 e. The van der Waals surface area contributed by atoms with Crippen molar-refractivity contribution in [3.05, 3.63) is 24.0 Å². The van der Waals surface area contributed by atoms with Gasteiger partial charge in [0.1, 0.15) is 5.75 Å². The second-order valence-electron chi connectivity index (χ2n) is 4.87. The molecule has 0 spiro atoms. The predicted molar refractivity (Wildman–Crippen MR) is 75.9 cm³/mol. The number of pyridine rings is 1. The van der Waals surface area contributed by atoms with E-state index in [9.17, 15) is 0 Å². The molecule has 1 rings (SSSR count). The van der Waals surface area contributed by atoms with Gasteiger partial charge < -0.3 is 10.1 Å². The molecule has 3 nitrogen and oxygen atoms in total. The zero-order valence-corrected chi connectivity index (χ0v) is 12.1. The molecule has 0 aromatic carbocycles. The van der Waals surface area contributed by atoms with Gasteiger partial charge in [0.05, 0.1) is 13.3 Å². The van der Waals surface area contributed by atoms with Crippen LogP contribution >= 0.6 is 0 Å². The normalized spacial score (nSPS) is 14.2. The molecule has 1 N–H and O–H groups in total. The van der Waals surface area contributed by atoms with Crippen molar-refractivity contribution < 1.29 is 4.74 Å². The Hall–Kier alpha value is -1.09. The van der Waals surface area contributed by atoms with Crippen LogP contribution in [0.1, 0.15) is 51.6 Å². The number of hydrogen-bond donors (Lipinski definition) is 1. The highest BCUT2D eigenvalue weighted by Gasteiger charge is 2.17. The van der Waals surface area contributed by atoms with Crippen molar-refractivity contribution in [2.24, 2.45) is 5.92 Å². The third-order valence-electron chi connectivity index (χ3n) is 3.39. The van der Waals surface area contributed by atoms with Crippen LogP contribution in [-0.4, -0.2) is 18.6 Å². The third-order valence-corrected chi connectivity index (χ3v) is 3.39. The van der Waals surface area contributed by atoms with Gasteiger partial charge in [0.25, 0.3) is 0 Å². The van der Waals surface area contributed by atoms with Crippen LogP contribution in [0.15, 0.2) is 18.5 Å². The molecular weight excluding hydrogens is 224 g/mol. The lowest BCUT2D eigenvalue weighted by atomic mass is 9.94. The zero-order valence-electron chi connectivity index (χ0n) is 12.1. The highest BCUT2D eigenvalue weighted by Crippen LogP contribution is 2.29. The van der Waals surface area contributed by atoms with Gasteiger partial charge in [0, 0.05) is 17.8 Å². The second-order valence-corrected chi connectivity index (χ2v) is 4.87. The summed E-state index contributed by atoms with van der Waals surface area (Å²) < 4.78 is 5.42. The van der Waals surface area contributed by atoms with Crippen molar-refractivity contribution in [3.8, 4) is 5.75 Å². The fourth-order valence-electron chi connectivity index (χ4n) is 2.06. The largest absolute Gasteiger partial charge is 0.495 e. The Labute approximate surface area is 111 Å². The number of rotatable bonds is 8. The molecule has 0 radical (unpaired) electrons. The second kappa shape index (κ2) is 8.09. The van der Waals surface area contributed by atoms with Crippen molar-refractivity contribution >= 4 is 0 Å². The van der Waals surface area contributed by atoms with E-state index in [1.807, 2.05) is 6.20 Å². The Morgan fingerprint density at radius 2 is 2.17 bits per heavy atom. The Bertz CT molecular complexity index is 341. The van der Waals surface area contributed by atoms with Crippen molar-refractivity contribution in [2.75, 3.05) is 13.7 Å².